The zero-order valence-corrected chi connectivity index (χ0v) is 14.2. The molecule has 0 aliphatic rings. The molecule has 4 nitrogen and oxygen atoms in total. The Hall–Kier alpha value is -2.85. The number of rotatable bonds is 6. The van der Waals surface area contributed by atoms with Gasteiger partial charge in [-0.15, -0.1) is 0 Å². The van der Waals surface area contributed by atoms with Crippen LogP contribution in [0, 0.1) is 0 Å². The Kier molecular flexibility index (Phi) is 5.31. The van der Waals surface area contributed by atoms with Crippen molar-refractivity contribution in [3.8, 4) is 5.75 Å². The lowest BCUT2D eigenvalue weighted by Gasteiger charge is -2.15. The van der Waals surface area contributed by atoms with Gasteiger partial charge >= 0.3 is 0 Å². The van der Waals surface area contributed by atoms with Gasteiger partial charge in [-0.2, -0.15) is 0 Å². The summed E-state index contributed by atoms with van der Waals surface area (Å²) in [6.07, 6.45) is 1.74. The van der Waals surface area contributed by atoms with E-state index in [2.05, 4.69) is 24.4 Å². The van der Waals surface area contributed by atoms with Crippen LogP contribution in [0.3, 0.4) is 0 Å². The van der Waals surface area contributed by atoms with Crippen LogP contribution < -0.4 is 10.9 Å². The minimum atomic E-state index is -0.365. The minimum absolute atomic E-state index is 0.132. The third-order valence-corrected chi connectivity index (χ3v) is 4.32. The molecule has 0 fully saturated rings. The van der Waals surface area contributed by atoms with Gasteiger partial charge in [0.05, 0.1) is 6.54 Å². The summed E-state index contributed by atoms with van der Waals surface area (Å²) >= 11 is 0. The van der Waals surface area contributed by atoms with Crippen molar-refractivity contribution in [2.24, 2.45) is 0 Å². The number of aromatic hydroxyl groups is 1. The van der Waals surface area contributed by atoms with Gasteiger partial charge in [-0.05, 0) is 24.1 Å². The molecule has 0 spiro atoms. The molecule has 1 atom stereocenters. The SMILES string of the molecule is C[C@@H](NCc1ccn(Cc2ccccc2)c(=O)c1O)c1ccccc1. The molecule has 0 saturated heterocycles. The number of pyridine rings is 1. The van der Waals surface area contributed by atoms with Crippen LogP contribution in [0.5, 0.6) is 5.75 Å². The molecule has 3 aromatic rings. The minimum Gasteiger partial charge on any atom is -0.503 e. The molecule has 4 heteroatoms. The molecule has 25 heavy (non-hydrogen) atoms. The maximum atomic E-state index is 12.4. The summed E-state index contributed by atoms with van der Waals surface area (Å²) in [6.45, 7) is 2.94. The first-order valence-electron chi connectivity index (χ1n) is 8.38. The van der Waals surface area contributed by atoms with Crippen molar-refractivity contribution in [2.75, 3.05) is 0 Å². The predicted molar refractivity (Wildman–Crippen MR) is 99.6 cm³/mol. The lowest BCUT2D eigenvalue weighted by Crippen LogP contribution is -2.23. The average Bonchev–Trinajstić information content (AvgIpc) is 2.66. The molecule has 0 saturated carbocycles. The lowest BCUT2D eigenvalue weighted by atomic mass is 10.1. The molecule has 0 unspecified atom stereocenters. The second-order valence-electron chi connectivity index (χ2n) is 6.12. The van der Waals surface area contributed by atoms with Gasteiger partial charge in [-0.25, -0.2) is 0 Å². The number of benzene rings is 2. The standard InChI is InChI=1S/C21H22N2O2/c1-16(18-10-6-3-7-11-18)22-14-19-12-13-23(21(25)20(19)24)15-17-8-4-2-5-9-17/h2-13,16,22,24H,14-15H2,1H3/t16-/m1/s1. The third-order valence-electron chi connectivity index (χ3n) is 4.32. The summed E-state index contributed by atoms with van der Waals surface area (Å²) in [6, 6.07) is 21.7. The van der Waals surface area contributed by atoms with Crippen molar-refractivity contribution in [3.05, 3.63) is 100.0 Å². The molecule has 0 amide bonds. The molecular weight excluding hydrogens is 312 g/mol. The number of hydrogen-bond acceptors (Lipinski definition) is 3. The Labute approximate surface area is 147 Å². The highest BCUT2D eigenvalue weighted by molar-refractivity contribution is 5.30. The summed E-state index contributed by atoms with van der Waals surface area (Å²) in [5, 5.41) is 13.6. The summed E-state index contributed by atoms with van der Waals surface area (Å²) in [7, 11) is 0. The first kappa shape index (κ1) is 17.0. The molecule has 1 aromatic heterocycles. The van der Waals surface area contributed by atoms with E-state index in [9.17, 15) is 9.90 Å². The highest BCUT2D eigenvalue weighted by Gasteiger charge is 2.11. The van der Waals surface area contributed by atoms with Crippen molar-refractivity contribution in [1.29, 1.82) is 0 Å². The van der Waals surface area contributed by atoms with E-state index in [1.807, 2.05) is 48.5 Å². The fourth-order valence-electron chi connectivity index (χ4n) is 2.77. The topological polar surface area (TPSA) is 54.3 Å². The summed E-state index contributed by atoms with van der Waals surface area (Å²) in [4.78, 5) is 12.4. The van der Waals surface area contributed by atoms with Crippen molar-refractivity contribution in [3.63, 3.8) is 0 Å². The third kappa shape index (κ3) is 4.17. The molecule has 2 N–H and O–H groups in total. The van der Waals surface area contributed by atoms with Crippen LogP contribution in [-0.4, -0.2) is 9.67 Å². The van der Waals surface area contributed by atoms with E-state index < -0.39 is 0 Å². The average molecular weight is 334 g/mol. The van der Waals surface area contributed by atoms with Crippen molar-refractivity contribution in [2.45, 2.75) is 26.1 Å². The van der Waals surface area contributed by atoms with Crippen molar-refractivity contribution >= 4 is 0 Å². The molecule has 0 bridgehead atoms. The fourth-order valence-corrected chi connectivity index (χ4v) is 2.77. The molecule has 1 heterocycles. The van der Waals surface area contributed by atoms with Crippen LogP contribution in [0.1, 0.15) is 29.7 Å². The van der Waals surface area contributed by atoms with Gasteiger partial charge in [0.25, 0.3) is 5.56 Å². The van der Waals surface area contributed by atoms with Gasteiger partial charge in [0.1, 0.15) is 0 Å². The van der Waals surface area contributed by atoms with Crippen LogP contribution in [0.15, 0.2) is 77.7 Å². The first-order valence-corrected chi connectivity index (χ1v) is 8.38. The number of aromatic nitrogens is 1. The zero-order chi connectivity index (χ0) is 17.6. The first-order chi connectivity index (χ1) is 12.1. The molecule has 0 radical (unpaired) electrons. The van der Waals surface area contributed by atoms with E-state index in [4.69, 9.17) is 0 Å². The monoisotopic (exact) mass is 334 g/mol. The second-order valence-corrected chi connectivity index (χ2v) is 6.12. The number of hydrogen-bond donors (Lipinski definition) is 2. The lowest BCUT2D eigenvalue weighted by molar-refractivity contribution is 0.444. The van der Waals surface area contributed by atoms with E-state index in [1.165, 1.54) is 10.1 Å². The van der Waals surface area contributed by atoms with Crippen LogP contribution in [-0.2, 0) is 13.1 Å². The fraction of sp³-hybridized carbons (Fsp3) is 0.190. The van der Waals surface area contributed by atoms with Crippen LogP contribution in [0.25, 0.3) is 0 Å². The summed E-state index contributed by atoms with van der Waals surface area (Å²) in [5.41, 5.74) is 2.43. The number of nitrogens with one attached hydrogen (secondary N) is 1. The maximum absolute atomic E-state index is 12.4. The zero-order valence-electron chi connectivity index (χ0n) is 14.2. The van der Waals surface area contributed by atoms with Crippen LogP contribution in [0.2, 0.25) is 0 Å². The van der Waals surface area contributed by atoms with Crippen molar-refractivity contribution < 1.29 is 5.11 Å². The van der Waals surface area contributed by atoms with Crippen LogP contribution >= 0.6 is 0 Å². The second kappa shape index (κ2) is 7.81. The highest BCUT2D eigenvalue weighted by atomic mass is 16.3. The van der Waals surface area contributed by atoms with E-state index in [1.54, 1.807) is 12.3 Å². The van der Waals surface area contributed by atoms with Gasteiger partial charge in [0, 0.05) is 24.3 Å². The van der Waals surface area contributed by atoms with Gasteiger partial charge in [0.15, 0.2) is 5.75 Å². The van der Waals surface area contributed by atoms with E-state index in [0.29, 0.717) is 18.7 Å². The predicted octanol–water partition coefficient (Wildman–Crippen LogP) is 3.45. The number of nitrogens with zero attached hydrogens (tertiary/aromatic N) is 1. The van der Waals surface area contributed by atoms with Gasteiger partial charge < -0.3 is 15.0 Å². The molecule has 0 aliphatic carbocycles. The van der Waals surface area contributed by atoms with E-state index >= 15 is 0 Å². The Morgan fingerprint density at radius 2 is 1.64 bits per heavy atom. The smallest absolute Gasteiger partial charge is 0.293 e. The molecule has 2 aromatic carbocycles. The summed E-state index contributed by atoms with van der Waals surface area (Å²) in [5.74, 6) is -0.189. The Morgan fingerprint density at radius 1 is 1.00 bits per heavy atom. The van der Waals surface area contributed by atoms with E-state index in [0.717, 1.165) is 5.56 Å². The highest BCUT2D eigenvalue weighted by Crippen LogP contribution is 2.15. The van der Waals surface area contributed by atoms with Crippen LogP contribution in [0.4, 0.5) is 0 Å². The summed E-state index contributed by atoms with van der Waals surface area (Å²) < 4.78 is 1.52. The normalized spacial score (nSPS) is 12.0. The quantitative estimate of drug-likeness (QED) is 0.726. The Morgan fingerprint density at radius 3 is 2.32 bits per heavy atom. The van der Waals surface area contributed by atoms with Crippen molar-refractivity contribution in [1.82, 2.24) is 9.88 Å². The van der Waals surface area contributed by atoms with Gasteiger partial charge in [-0.1, -0.05) is 60.7 Å². The van der Waals surface area contributed by atoms with Gasteiger partial charge in [-0.3, -0.25) is 4.79 Å². The molecule has 128 valence electrons. The molecule has 0 aliphatic heterocycles. The Bertz CT molecular complexity index is 873. The molecule has 3 rings (SSSR count). The Balaban J connectivity index is 1.71. The largest absolute Gasteiger partial charge is 0.503 e. The molecular formula is C21H22N2O2. The maximum Gasteiger partial charge on any atom is 0.293 e. The van der Waals surface area contributed by atoms with Gasteiger partial charge in [0.2, 0.25) is 0 Å². The van der Waals surface area contributed by atoms with E-state index in [-0.39, 0.29) is 17.4 Å².